The molecule has 0 aliphatic rings. The number of alkyl halides is 1. The van der Waals surface area contributed by atoms with E-state index in [2.05, 4.69) is 22.6 Å². The van der Waals surface area contributed by atoms with E-state index in [1.807, 2.05) is 30.3 Å². The molecule has 1 aromatic rings. The number of rotatable bonds is 3. The summed E-state index contributed by atoms with van der Waals surface area (Å²) < 4.78 is 22.1. The minimum absolute atomic E-state index is 0.0498. The van der Waals surface area contributed by atoms with Crippen molar-refractivity contribution in [3.8, 4) is 0 Å². The Labute approximate surface area is 92.4 Å². The van der Waals surface area contributed by atoms with Crippen LogP contribution < -0.4 is 0 Å². The van der Waals surface area contributed by atoms with Crippen molar-refractivity contribution in [2.24, 2.45) is 0 Å². The Bertz CT molecular complexity index is 358. The average Bonchev–Trinajstić information content (AvgIpc) is 2.03. The van der Waals surface area contributed by atoms with Crippen molar-refractivity contribution in [2.75, 3.05) is 12.0 Å². The van der Waals surface area contributed by atoms with Crippen LogP contribution in [0.25, 0.3) is 0 Å². The maximum atomic E-state index is 11.0. The second-order valence-corrected chi connectivity index (χ2v) is 6.66. The molecule has 0 fully saturated rings. The third kappa shape index (κ3) is 4.08. The molecule has 0 bridgehead atoms. The van der Waals surface area contributed by atoms with E-state index in [0.29, 0.717) is 0 Å². The highest BCUT2D eigenvalue weighted by molar-refractivity contribution is 14.1. The first kappa shape index (κ1) is 11.0. The zero-order chi connectivity index (χ0) is 9.90. The second-order valence-electron chi connectivity index (χ2n) is 2.97. The SMILES string of the molecule is CS(=O)(=O)CC(I)c1ccccc1. The fraction of sp³-hybridized carbons (Fsp3) is 0.333. The largest absolute Gasteiger partial charge is 0.229 e. The minimum Gasteiger partial charge on any atom is -0.229 e. The van der Waals surface area contributed by atoms with Gasteiger partial charge in [-0.15, -0.1) is 0 Å². The van der Waals surface area contributed by atoms with Gasteiger partial charge in [-0.1, -0.05) is 52.9 Å². The van der Waals surface area contributed by atoms with Gasteiger partial charge in [0.15, 0.2) is 0 Å². The molecule has 0 radical (unpaired) electrons. The third-order valence-electron chi connectivity index (χ3n) is 1.61. The van der Waals surface area contributed by atoms with E-state index in [9.17, 15) is 8.42 Å². The molecule has 1 aromatic carbocycles. The van der Waals surface area contributed by atoms with Crippen molar-refractivity contribution in [3.05, 3.63) is 35.9 Å². The first-order valence-electron chi connectivity index (χ1n) is 3.86. The summed E-state index contributed by atoms with van der Waals surface area (Å²) in [6.07, 6.45) is 1.27. The molecule has 1 atom stereocenters. The average molecular weight is 310 g/mol. The van der Waals surface area contributed by atoms with E-state index >= 15 is 0 Å². The van der Waals surface area contributed by atoms with E-state index in [1.165, 1.54) is 6.26 Å². The molecule has 1 rings (SSSR count). The lowest BCUT2D eigenvalue weighted by molar-refractivity contribution is 0.601. The zero-order valence-corrected chi connectivity index (χ0v) is 10.2. The summed E-state index contributed by atoms with van der Waals surface area (Å²) in [5, 5.41) is 0. The Morgan fingerprint density at radius 3 is 2.31 bits per heavy atom. The Morgan fingerprint density at radius 2 is 1.85 bits per heavy atom. The highest BCUT2D eigenvalue weighted by Gasteiger charge is 2.13. The van der Waals surface area contributed by atoms with Gasteiger partial charge in [0, 0.05) is 10.2 Å². The quantitative estimate of drug-likeness (QED) is 0.634. The van der Waals surface area contributed by atoms with Gasteiger partial charge in [0.25, 0.3) is 0 Å². The molecule has 0 heterocycles. The molecular weight excluding hydrogens is 299 g/mol. The van der Waals surface area contributed by atoms with Crippen LogP contribution in [0, 0.1) is 0 Å². The number of hydrogen-bond acceptors (Lipinski definition) is 2. The first-order valence-corrected chi connectivity index (χ1v) is 7.16. The normalized spacial score (nSPS) is 14.0. The summed E-state index contributed by atoms with van der Waals surface area (Å²) in [5.74, 6) is 0.206. The molecule has 72 valence electrons. The van der Waals surface area contributed by atoms with Gasteiger partial charge < -0.3 is 0 Å². The van der Waals surface area contributed by atoms with Crippen molar-refractivity contribution in [1.82, 2.24) is 0 Å². The van der Waals surface area contributed by atoms with Crippen LogP contribution >= 0.6 is 22.6 Å². The molecule has 1 unspecified atom stereocenters. The lowest BCUT2D eigenvalue weighted by Gasteiger charge is -2.07. The van der Waals surface area contributed by atoms with E-state index in [-0.39, 0.29) is 9.68 Å². The van der Waals surface area contributed by atoms with E-state index in [4.69, 9.17) is 0 Å². The molecule has 2 nitrogen and oxygen atoms in total. The van der Waals surface area contributed by atoms with Crippen molar-refractivity contribution < 1.29 is 8.42 Å². The lowest BCUT2D eigenvalue weighted by atomic mass is 10.2. The first-order chi connectivity index (χ1) is 5.99. The van der Waals surface area contributed by atoms with Gasteiger partial charge in [-0.2, -0.15) is 0 Å². The van der Waals surface area contributed by atoms with Crippen LogP contribution in [0.3, 0.4) is 0 Å². The number of sulfone groups is 1. The molecule has 0 spiro atoms. The third-order valence-corrected chi connectivity index (χ3v) is 4.31. The van der Waals surface area contributed by atoms with Gasteiger partial charge >= 0.3 is 0 Å². The van der Waals surface area contributed by atoms with Gasteiger partial charge in [0.1, 0.15) is 9.84 Å². The topological polar surface area (TPSA) is 34.1 Å². The predicted octanol–water partition coefficient (Wildman–Crippen LogP) is 2.21. The molecule has 13 heavy (non-hydrogen) atoms. The van der Waals surface area contributed by atoms with Crippen molar-refractivity contribution in [1.29, 1.82) is 0 Å². The standard InChI is InChI=1S/C9H11IO2S/c1-13(11,12)7-9(10)8-5-3-2-4-6-8/h2-6,9H,7H2,1H3. The highest BCUT2D eigenvalue weighted by atomic mass is 127. The Balaban J connectivity index is 2.76. The zero-order valence-electron chi connectivity index (χ0n) is 7.27. The molecule has 0 N–H and O–H groups in total. The van der Waals surface area contributed by atoms with Crippen molar-refractivity contribution in [3.63, 3.8) is 0 Å². The molecular formula is C9H11IO2S. The van der Waals surface area contributed by atoms with Gasteiger partial charge in [0.05, 0.1) is 5.75 Å². The molecule has 0 saturated carbocycles. The summed E-state index contributed by atoms with van der Waals surface area (Å²) in [6, 6.07) is 9.66. The maximum Gasteiger partial charge on any atom is 0.148 e. The molecule has 0 saturated heterocycles. The van der Waals surface area contributed by atoms with E-state index in [1.54, 1.807) is 0 Å². The number of benzene rings is 1. The number of halogens is 1. The summed E-state index contributed by atoms with van der Waals surface area (Å²) >= 11 is 2.15. The maximum absolute atomic E-state index is 11.0. The summed E-state index contributed by atoms with van der Waals surface area (Å²) in [4.78, 5) is 0. The van der Waals surface area contributed by atoms with Crippen LogP contribution in [-0.4, -0.2) is 20.4 Å². The molecule has 0 aromatic heterocycles. The summed E-state index contributed by atoms with van der Waals surface area (Å²) in [6.45, 7) is 0. The van der Waals surface area contributed by atoms with Crippen LogP contribution in [0.2, 0.25) is 0 Å². The van der Waals surface area contributed by atoms with E-state index in [0.717, 1.165) is 5.56 Å². The fourth-order valence-corrected chi connectivity index (χ4v) is 4.12. The Kier molecular flexibility index (Phi) is 3.73. The monoisotopic (exact) mass is 310 g/mol. The molecule has 0 aliphatic heterocycles. The highest BCUT2D eigenvalue weighted by Crippen LogP contribution is 2.24. The minimum atomic E-state index is -2.88. The van der Waals surface area contributed by atoms with Gasteiger partial charge in [-0.25, -0.2) is 8.42 Å². The van der Waals surface area contributed by atoms with Crippen molar-refractivity contribution in [2.45, 2.75) is 3.92 Å². The number of hydrogen-bond donors (Lipinski definition) is 0. The van der Waals surface area contributed by atoms with Crippen LogP contribution in [0.4, 0.5) is 0 Å². The molecule has 0 aliphatic carbocycles. The predicted molar refractivity (Wildman–Crippen MR) is 62.9 cm³/mol. The van der Waals surface area contributed by atoms with Crippen LogP contribution in [0.1, 0.15) is 9.49 Å². The summed E-state index contributed by atoms with van der Waals surface area (Å²) in [5.41, 5.74) is 1.06. The summed E-state index contributed by atoms with van der Waals surface area (Å²) in [7, 11) is -2.88. The van der Waals surface area contributed by atoms with Gasteiger partial charge in [-0.3, -0.25) is 0 Å². The Morgan fingerprint density at radius 1 is 1.31 bits per heavy atom. The lowest BCUT2D eigenvalue weighted by Crippen LogP contribution is -2.08. The fourth-order valence-electron chi connectivity index (χ4n) is 1.02. The second kappa shape index (κ2) is 4.41. The van der Waals surface area contributed by atoms with Gasteiger partial charge in [0.2, 0.25) is 0 Å². The smallest absolute Gasteiger partial charge is 0.148 e. The molecule has 0 amide bonds. The van der Waals surface area contributed by atoms with Crippen LogP contribution in [0.5, 0.6) is 0 Å². The van der Waals surface area contributed by atoms with Crippen LogP contribution in [0.15, 0.2) is 30.3 Å². The van der Waals surface area contributed by atoms with Crippen molar-refractivity contribution >= 4 is 32.4 Å². The van der Waals surface area contributed by atoms with Gasteiger partial charge in [-0.05, 0) is 5.56 Å². The van der Waals surface area contributed by atoms with Crippen LogP contribution in [-0.2, 0) is 9.84 Å². The Hall–Kier alpha value is -0.100. The molecule has 4 heteroatoms. The van der Waals surface area contributed by atoms with E-state index < -0.39 is 9.84 Å².